The number of urea groups is 1. The van der Waals surface area contributed by atoms with Gasteiger partial charge in [0.2, 0.25) is 0 Å². The second-order valence-corrected chi connectivity index (χ2v) is 10.2. The van der Waals surface area contributed by atoms with Gasteiger partial charge in [0.15, 0.2) is 6.10 Å². The molecule has 4 amide bonds. The molecule has 1 aliphatic heterocycles. The molecule has 1 aromatic carbocycles. The first-order chi connectivity index (χ1) is 16.5. The van der Waals surface area contributed by atoms with Crippen LogP contribution in [0.3, 0.4) is 0 Å². The van der Waals surface area contributed by atoms with E-state index in [1.807, 2.05) is 18.2 Å². The van der Waals surface area contributed by atoms with Crippen LogP contribution in [-0.4, -0.2) is 54.0 Å². The number of nitrogens with zero attached hydrogens (tertiary/aromatic N) is 1. The average molecular weight is 488 g/mol. The van der Waals surface area contributed by atoms with E-state index in [0.717, 1.165) is 29.7 Å². The Morgan fingerprint density at radius 1 is 1.23 bits per heavy atom. The Morgan fingerprint density at radius 2 is 1.89 bits per heavy atom. The molecule has 9 nitrogen and oxygen atoms in total. The van der Waals surface area contributed by atoms with E-state index in [0.29, 0.717) is 24.5 Å². The Bertz CT molecular complexity index is 968. The summed E-state index contributed by atoms with van der Waals surface area (Å²) in [4.78, 5) is 51.5. The Morgan fingerprint density at radius 3 is 2.51 bits per heavy atom. The minimum atomic E-state index is -1.08. The van der Waals surface area contributed by atoms with Gasteiger partial charge >= 0.3 is 12.0 Å². The van der Waals surface area contributed by atoms with Gasteiger partial charge in [-0.05, 0) is 50.0 Å². The highest BCUT2D eigenvalue weighted by molar-refractivity contribution is 6.08. The van der Waals surface area contributed by atoms with E-state index in [9.17, 15) is 19.2 Å². The lowest BCUT2D eigenvalue weighted by molar-refractivity contribution is -0.156. The molecule has 1 saturated carbocycles. The summed E-state index contributed by atoms with van der Waals surface area (Å²) in [5, 5.41) is 5.53. The predicted molar refractivity (Wildman–Crippen MR) is 129 cm³/mol. The van der Waals surface area contributed by atoms with E-state index in [4.69, 9.17) is 9.47 Å². The molecule has 1 aliphatic carbocycles. The number of esters is 1. The predicted octanol–water partition coefficient (Wildman–Crippen LogP) is 3.16. The van der Waals surface area contributed by atoms with Gasteiger partial charge in [-0.25, -0.2) is 4.79 Å². The quantitative estimate of drug-likeness (QED) is 0.409. The normalized spacial score (nSPS) is 23.1. The van der Waals surface area contributed by atoms with Crippen LogP contribution in [0.15, 0.2) is 24.3 Å². The van der Waals surface area contributed by atoms with Crippen LogP contribution in [0, 0.1) is 11.3 Å². The summed E-state index contributed by atoms with van der Waals surface area (Å²) in [6.07, 6.45) is 2.76. The molecule has 1 aromatic rings. The summed E-state index contributed by atoms with van der Waals surface area (Å²) in [7, 11) is 1.54. The van der Waals surface area contributed by atoms with Gasteiger partial charge < -0.3 is 20.1 Å². The second-order valence-electron chi connectivity index (χ2n) is 10.2. The monoisotopic (exact) mass is 487 g/mol. The number of ether oxygens (including phenoxy) is 2. The number of para-hydroxylation sites is 1. The van der Waals surface area contributed by atoms with Gasteiger partial charge in [-0.2, -0.15) is 0 Å². The van der Waals surface area contributed by atoms with Crippen molar-refractivity contribution in [1.29, 1.82) is 0 Å². The van der Waals surface area contributed by atoms with Gasteiger partial charge in [0.1, 0.15) is 17.8 Å². The highest BCUT2D eigenvalue weighted by atomic mass is 16.5. The highest BCUT2D eigenvalue weighted by Crippen LogP contribution is 2.45. The summed E-state index contributed by atoms with van der Waals surface area (Å²) in [5.41, 5.74) is 0.0118. The third-order valence-corrected chi connectivity index (χ3v) is 7.71. The molecule has 1 unspecified atom stereocenters. The molecule has 1 saturated heterocycles. The molecule has 0 radical (unpaired) electrons. The molecule has 35 heavy (non-hydrogen) atoms. The minimum Gasteiger partial charge on any atom is -0.496 e. The van der Waals surface area contributed by atoms with E-state index in [1.54, 1.807) is 13.2 Å². The molecule has 1 spiro atoms. The summed E-state index contributed by atoms with van der Waals surface area (Å²) in [5.74, 6) is -0.573. The van der Waals surface area contributed by atoms with Crippen LogP contribution in [-0.2, 0) is 25.7 Å². The fraction of sp³-hybridized carbons (Fsp3) is 0.615. The first-order valence-electron chi connectivity index (χ1n) is 12.3. The first-order valence-corrected chi connectivity index (χ1v) is 12.3. The van der Waals surface area contributed by atoms with Crippen LogP contribution in [0.5, 0.6) is 5.75 Å². The number of amides is 4. The van der Waals surface area contributed by atoms with E-state index in [-0.39, 0.29) is 17.9 Å². The molecule has 0 bridgehead atoms. The summed E-state index contributed by atoms with van der Waals surface area (Å²) in [6.45, 7) is 7.76. The standard InChI is InChI=1S/C26H37N3O6/c1-6-25(3,4)19-11-13-26(14-12-19)23(32)29(24(33)28-26)16-21(30)35-17(2)22(31)27-15-18-9-7-8-10-20(18)34-5/h7-10,17,19H,6,11-16H2,1-5H3,(H,27,31)(H,28,33). The van der Waals surface area contributed by atoms with Crippen molar-refractivity contribution in [2.45, 2.75) is 78.0 Å². The van der Waals surface area contributed by atoms with Gasteiger partial charge in [-0.3, -0.25) is 19.3 Å². The maximum Gasteiger partial charge on any atom is 0.327 e. The van der Waals surface area contributed by atoms with Gasteiger partial charge in [0.25, 0.3) is 11.8 Å². The molecule has 1 atom stereocenters. The molecule has 0 aromatic heterocycles. The smallest absolute Gasteiger partial charge is 0.327 e. The third-order valence-electron chi connectivity index (χ3n) is 7.71. The van der Waals surface area contributed by atoms with E-state index >= 15 is 0 Å². The molecule has 2 aliphatic rings. The number of nitrogens with one attached hydrogen (secondary N) is 2. The van der Waals surface area contributed by atoms with Gasteiger partial charge in [0, 0.05) is 12.1 Å². The summed E-state index contributed by atoms with van der Waals surface area (Å²) in [6, 6.07) is 6.67. The van der Waals surface area contributed by atoms with Crippen LogP contribution in [0.4, 0.5) is 4.79 Å². The van der Waals surface area contributed by atoms with Gasteiger partial charge in [-0.1, -0.05) is 45.4 Å². The maximum atomic E-state index is 13.1. The number of methoxy groups -OCH3 is 1. The van der Waals surface area contributed by atoms with Crippen molar-refractivity contribution in [2.24, 2.45) is 11.3 Å². The number of hydrogen-bond acceptors (Lipinski definition) is 6. The SMILES string of the molecule is CCC(C)(C)C1CCC2(CC1)NC(=O)N(CC(=O)OC(C)C(=O)NCc1ccccc1OC)C2=O. The van der Waals surface area contributed by atoms with Crippen LogP contribution < -0.4 is 15.4 Å². The van der Waals surface area contributed by atoms with Crippen molar-refractivity contribution >= 4 is 23.8 Å². The van der Waals surface area contributed by atoms with Crippen molar-refractivity contribution in [1.82, 2.24) is 15.5 Å². The number of rotatable bonds is 9. The Balaban J connectivity index is 1.52. The topological polar surface area (TPSA) is 114 Å². The fourth-order valence-corrected chi connectivity index (χ4v) is 4.93. The molecule has 192 valence electrons. The lowest BCUT2D eigenvalue weighted by atomic mass is 9.65. The molecule has 1 heterocycles. The van der Waals surface area contributed by atoms with Crippen LogP contribution in [0.1, 0.15) is 65.4 Å². The molecular weight excluding hydrogens is 450 g/mol. The molecule has 2 N–H and O–H groups in total. The van der Waals surface area contributed by atoms with Crippen molar-refractivity contribution in [3.05, 3.63) is 29.8 Å². The fourth-order valence-electron chi connectivity index (χ4n) is 4.93. The summed E-state index contributed by atoms with van der Waals surface area (Å²) < 4.78 is 10.5. The zero-order chi connectivity index (χ0) is 25.8. The van der Waals surface area contributed by atoms with Crippen molar-refractivity contribution < 1.29 is 28.7 Å². The van der Waals surface area contributed by atoms with Crippen molar-refractivity contribution in [3.8, 4) is 5.75 Å². The molecule has 3 rings (SSSR count). The maximum absolute atomic E-state index is 13.1. The molecule has 2 fully saturated rings. The van der Waals surface area contributed by atoms with E-state index in [2.05, 4.69) is 31.4 Å². The Kier molecular flexibility index (Phi) is 8.07. The lowest BCUT2D eigenvalue weighted by Crippen LogP contribution is -2.51. The number of benzene rings is 1. The zero-order valence-corrected chi connectivity index (χ0v) is 21.3. The Labute approximate surface area is 206 Å². The zero-order valence-electron chi connectivity index (χ0n) is 21.3. The van der Waals surface area contributed by atoms with E-state index < -0.39 is 36.1 Å². The number of imide groups is 1. The van der Waals surface area contributed by atoms with Crippen LogP contribution in [0.25, 0.3) is 0 Å². The molecule has 9 heteroatoms. The number of carbonyl (C=O) groups excluding carboxylic acids is 4. The van der Waals surface area contributed by atoms with Gasteiger partial charge in [0.05, 0.1) is 7.11 Å². The van der Waals surface area contributed by atoms with Crippen molar-refractivity contribution in [3.63, 3.8) is 0 Å². The third kappa shape index (κ3) is 5.77. The largest absolute Gasteiger partial charge is 0.496 e. The average Bonchev–Trinajstić information content (AvgIpc) is 3.06. The molecular formula is C26H37N3O6. The number of hydrogen-bond donors (Lipinski definition) is 2. The van der Waals surface area contributed by atoms with E-state index in [1.165, 1.54) is 6.92 Å². The second kappa shape index (κ2) is 10.7. The minimum absolute atomic E-state index is 0.180. The van der Waals surface area contributed by atoms with Crippen LogP contribution >= 0.6 is 0 Å². The number of carbonyl (C=O) groups is 4. The first kappa shape index (κ1) is 26.5. The highest BCUT2D eigenvalue weighted by Gasteiger charge is 2.54. The van der Waals surface area contributed by atoms with Gasteiger partial charge in [-0.15, -0.1) is 0 Å². The summed E-state index contributed by atoms with van der Waals surface area (Å²) >= 11 is 0. The lowest BCUT2D eigenvalue weighted by Gasteiger charge is -2.42. The van der Waals surface area contributed by atoms with Crippen molar-refractivity contribution in [2.75, 3.05) is 13.7 Å². The Hall–Kier alpha value is -3.10. The van der Waals surface area contributed by atoms with Crippen LogP contribution in [0.2, 0.25) is 0 Å².